The monoisotopic (exact) mass is 482 g/mol. The first kappa shape index (κ1) is 23.9. The SMILES string of the molecule is Fc1cccc(CNc2cncc(-c3ccnc(N[C@H]4CC[C@H](NCc5ccccc5)CC4)c3)n2)c1. The molecule has 2 heterocycles. The molecule has 5 rings (SSSR count). The number of nitrogens with zero attached hydrogens (tertiary/aromatic N) is 3. The molecule has 0 amide bonds. The van der Waals surface area contributed by atoms with E-state index < -0.39 is 0 Å². The molecule has 36 heavy (non-hydrogen) atoms. The predicted molar refractivity (Wildman–Crippen MR) is 142 cm³/mol. The van der Waals surface area contributed by atoms with Gasteiger partial charge < -0.3 is 16.0 Å². The zero-order valence-corrected chi connectivity index (χ0v) is 20.2. The van der Waals surface area contributed by atoms with Crippen molar-refractivity contribution in [1.82, 2.24) is 20.3 Å². The Labute approximate surface area is 211 Å². The van der Waals surface area contributed by atoms with Crippen molar-refractivity contribution in [2.24, 2.45) is 0 Å². The van der Waals surface area contributed by atoms with Crippen molar-refractivity contribution in [2.45, 2.75) is 50.9 Å². The Balaban J connectivity index is 1.14. The molecule has 4 aromatic rings. The molecule has 1 aliphatic rings. The maximum Gasteiger partial charge on any atom is 0.145 e. The van der Waals surface area contributed by atoms with Crippen molar-refractivity contribution in [1.29, 1.82) is 0 Å². The van der Waals surface area contributed by atoms with Gasteiger partial charge in [0.1, 0.15) is 17.5 Å². The number of benzene rings is 2. The van der Waals surface area contributed by atoms with Gasteiger partial charge in [0.05, 0.1) is 18.1 Å². The number of anilines is 2. The van der Waals surface area contributed by atoms with Crippen molar-refractivity contribution in [3.63, 3.8) is 0 Å². The Hall–Kier alpha value is -3.84. The first-order valence-electron chi connectivity index (χ1n) is 12.5. The molecule has 0 aliphatic heterocycles. The van der Waals surface area contributed by atoms with Crippen LogP contribution in [0.25, 0.3) is 11.3 Å². The predicted octanol–water partition coefficient (Wildman–Crippen LogP) is 5.80. The van der Waals surface area contributed by atoms with E-state index in [1.807, 2.05) is 18.2 Å². The van der Waals surface area contributed by atoms with Crippen LogP contribution in [0.5, 0.6) is 0 Å². The van der Waals surface area contributed by atoms with Crippen LogP contribution in [0.4, 0.5) is 16.0 Å². The number of halogens is 1. The molecule has 7 heteroatoms. The molecule has 0 spiro atoms. The van der Waals surface area contributed by atoms with Crippen LogP contribution in [-0.2, 0) is 13.1 Å². The number of rotatable bonds is 9. The fraction of sp³-hybridized carbons (Fsp3) is 0.276. The molecule has 1 fully saturated rings. The fourth-order valence-electron chi connectivity index (χ4n) is 4.61. The van der Waals surface area contributed by atoms with Gasteiger partial charge in [-0.2, -0.15) is 0 Å². The average Bonchev–Trinajstić information content (AvgIpc) is 2.93. The third kappa shape index (κ3) is 6.64. The van der Waals surface area contributed by atoms with E-state index in [-0.39, 0.29) is 5.82 Å². The van der Waals surface area contributed by atoms with Crippen LogP contribution in [0, 0.1) is 5.82 Å². The summed E-state index contributed by atoms with van der Waals surface area (Å²) in [7, 11) is 0. The summed E-state index contributed by atoms with van der Waals surface area (Å²) in [6.07, 6.45) is 9.74. The van der Waals surface area contributed by atoms with Gasteiger partial charge in [-0.05, 0) is 61.1 Å². The number of aromatic nitrogens is 3. The summed E-state index contributed by atoms with van der Waals surface area (Å²) < 4.78 is 13.4. The number of hydrogen-bond acceptors (Lipinski definition) is 6. The molecule has 0 bridgehead atoms. The normalized spacial score (nSPS) is 17.5. The average molecular weight is 483 g/mol. The largest absolute Gasteiger partial charge is 0.367 e. The topological polar surface area (TPSA) is 74.8 Å². The van der Waals surface area contributed by atoms with Crippen molar-refractivity contribution in [2.75, 3.05) is 10.6 Å². The van der Waals surface area contributed by atoms with E-state index >= 15 is 0 Å². The van der Waals surface area contributed by atoms with Crippen molar-refractivity contribution < 1.29 is 4.39 Å². The minimum absolute atomic E-state index is 0.247. The molecule has 1 aliphatic carbocycles. The van der Waals surface area contributed by atoms with Gasteiger partial charge in [0.2, 0.25) is 0 Å². The lowest BCUT2D eigenvalue weighted by Gasteiger charge is -2.30. The standard InChI is InChI=1S/C29H31FN6/c30-24-8-4-7-22(15-24)18-34-29-20-31-19-27(36-29)23-13-14-32-28(16-23)35-26-11-9-25(10-12-26)33-17-21-5-2-1-3-6-21/h1-8,13-16,19-20,25-26,33H,9-12,17-18H2,(H,32,35)(H,34,36)/t25-,26-. The number of hydrogen-bond donors (Lipinski definition) is 3. The molecule has 0 saturated heterocycles. The van der Waals surface area contributed by atoms with Crippen LogP contribution in [0.3, 0.4) is 0 Å². The second-order valence-electron chi connectivity index (χ2n) is 9.26. The zero-order valence-electron chi connectivity index (χ0n) is 20.2. The van der Waals surface area contributed by atoms with Crippen LogP contribution >= 0.6 is 0 Å². The summed E-state index contributed by atoms with van der Waals surface area (Å²) in [6.45, 7) is 1.40. The third-order valence-electron chi connectivity index (χ3n) is 6.57. The maximum atomic E-state index is 13.4. The van der Waals surface area contributed by atoms with Crippen LogP contribution < -0.4 is 16.0 Å². The van der Waals surface area contributed by atoms with E-state index in [4.69, 9.17) is 4.98 Å². The van der Waals surface area contributed by atoms with Crippen LogP contribution in [0.2, 0.25) is 0 Å². The van der Waals surface area contributed by atoms with E-state index in [1.165, 1.54) is 17.7 Å². The van der Waals surface area contributed by atoms with E-state index in [1.54, 1.807) is 24.7 Å². The second kappa shape index (κ2) is 11.7. The van der Waals surface area contributed by atoms with Crippen molar-refractivity contribution in [3.05, 3.63) is 102 Å². The summed E-state index contributed by atoms with van der Waals surface area (Å²) in [5.41, 5.74) is 3.89. The van der Waals surface area contributed by atoms with Gasteiger partial charge in [-0.15, -0.1) is 0 Å². The molecule has 2 aromatic carbocycles. The van der Waals surface area contributed by atoms with Crippen LogP contribution in [0.15, 0.2) is 85.3 Å². The Bertz CT molecular complexity index is 1260. The van der Waals surface area contributed by atoms with Gasteiger partial charge >= 0.3 is 0 Å². The molecule has 3 N–H and O–H groups in total. The number of nitrogens with one attached hydrogen (secondary N) is 3. The molecule has 6 nitrogen and oxygen atoms in total. The van der Waals surface area contributed by atoms with Crippen LogP contribution in [-0.4, -0.2) is 27.0 Å². The minimum Gasteiger partial charge on any atom is -0.367 e. The van der Waals surface area contributed by atoms with Gasteiger partial charge in [-0.1, -0.05) is 42.5 Å². The highest BCUT2D eigenvalue weighted by molar-refractivity contribution is 5.63. The van der Waals surface area contributed by atoms with Crippen LogP contribution in [0.1, 0.15) is 36.8 Å². The van der Waals surface area contributed by atoms with Gasteiger partial charge in [0.25, 0.3) is 0 Å². The summed E-state index contributed by atoms with van der Waals surface area (Å²) in [5.74, 6) is 1.25. The Kier molecular flexibility index (Phi) is 7.78. The Morgan fingerprint density at radius 1 is 0.778 bits per heavy atom. The van der Waals surface area contributed by atoms with Gasteiger partial charge in [0, 0.05) is 36.9 Å². The molecule has 2 aromatic heterocycles. The van der Waals surface area contributed by atoms with Gasteiger partial charge in [-0.25, -0.2) is 14.4 Å². The second-order valence-corrected chi connectivity index (χ2v) is 9.26. The summed E-state index contributed by atoms with van der Waals surface area (Å²) in [6, 6.07) is 22.0. The summed E-state index contributed by atoms with van der Waals surface area (Å²) in [5, 5.41) is 10.5. The highest BCUT2D eigenvalue weighted by Gasteiger charge is 2.21. The third-order valence-corrected chi connectivity index (χ3v) is 6.57. The Morgan fingerprint density at radius 2 is 1.58 bits per heavy atom. The van der Waals surface area contributed by atoms with E-state index in [0.29, 0.717) is 24.4 Å². The van der Waals surface area contributed by atoms with E-state index in [0.717, 1.165) is 54.9 Å². The lowest BCUT2D eigenvalue weighted by Crippen LogP contribution is -2.36. The van der Waals surface area contributed by atoms with E-state index in [9.17, 15) is 4.39 Å². The van der Waals surface area contributed by atoms with Gasteiger partial charge in [0.15, 0.2) is 0 Å². The maximum absolute atomic E-state index is 13.4. The Morgan fingerprint density at radius 3 is 2.42 bits per heavy atom. The quantitative estimate of drug-likeness (QED) is 0.280. The minimum atomic E-state index is -0.247. The highest BCUT2D eigenvalue weighted by Crippen LogP contribution is 2.25. The first-order valence-corrected chi connectivity index (χ1v) is 12.5. The molecular weight excluding hydrogens is 451 g/mol. The smallest absolute Gasteiger partial charge is 0.145 e. The summed E-state index contributed by atoms with van der Waals surface area (Å²) >= 11 is 0. The lowest BCUT2D eigenvalue weighted by molar-refractivity contribution is 0.352. The number of pyridine rings is 1. The molecule has 1 saturated carbocycles. The summed E-state index contributed by atoms with van der Waals surface area (Å²) in [4.78, 5) is 13.6. The zero-order chi connectivity index (χ0) is 24.6. The van der Waals surface area contributed by atoms with Gasteiger partial charge in [-0.3, -0.25) is 4.98 Å². The molecule has 0 radical (unpaired) electrons. The first-order chi connectivity index (χ1) is 17.7. The fourth-order valence-corrected chi connectivity index (χ4v) is 4.61. The molecular formula is C29H31FN6. The molecule has 184 valence electrons. The van der Waals surface area contributed by atoms with Crippen molar-refractivity contribution >= 4 is 11.6 Å². The lowest BCUT2D eigenvalue weighted by atomic mass is 9.91. The van der Waals surface area contributed by atoms with Crippen molar-refractivity contribution in [3.8, 4) is 11.3 Å². The molecule has 0 atom stereocenters. The van der Waals surface area contributed by atoms with E-state index in [2.05, 4.69) is 56.3 Å². The highest BCUT2D eigenvalue weighted by atomic mass is 19.1. The molecule has 0 unspecified atom stereocenters.